The molecule has 1 rings (SSSR count). The summed E-state index contributed by atoms with van der Waals surface area (Å²) in [5, 5.41) is 6.36. The van der Waals surface area contributed by atoms with Gasteiger partial charge in [-0.25, -0.2) is 0 Å². The smallest absolute Gasteiger partial charge is 0.248 e. The number of ether oxygens (including phenoxy) is 1. The Morgan fingerprint density at radius 2 is 1.95 bits per heavy atom. The highest BCUT2D eigenvalue weighted by Gasteiger charge is 2.23. The Balaban J connectivity index is 2.14. The van der Waals surface area contributed by atoms with E-state index in [0.29, 0.717) is 25.6 Å². The first-order chi connectivity index (χ1) is 10.0. The van der Waals surface area contributed by atoms with Gasteiger partial charge in [0.2, 0.25) is 11.8 Å². The van der Waals surface area contributed by atoms with E-state index < -0.39 is 0 Å². The number of nitrogens with one attached hydrogen (secondary N) is 2. The van der Waals surface area contributed by atoms with Gasteiger partial charge in [0.15, 0.2) is 0 Å². The molecule has 1 heterocycles. The fourth-order valence-electron chi connectivity index (χ4n) is 2.43. The van der Waals surface area contributed by atoms with Gasteiger partial charge in [0.05, 0.1) is 0 Å². The fourth-order valence-corrected chi connectivity index (χ4v) is 2.43. The third-order valence-corrected chi connectivity index (χ3v) is 3.61. The van der Waals surface area contributed by atoms with E-state index in [1.807, 2.05) is 0 Å². The molecule has 0 bridgehead atoms. The maximum Gasteiger partial charge on any atom is 0.248 e. The van der Waals surface area contributed by atoms with Gasteiger partial charge in [0.1, 0.15) is 6.61 Å². The van der Waals surface area contributed by atoms with Crippen molar-refractivity contribution in [3.05, 3.63) is 0 Å². The minimum absolute atomic E-state index is 0.0297. The molecule has 2 amide bonds. The van der Waals surface area contributed by atoms with Gasteiger partial charge >= 0.3 is 0 Å². The third kappa shape index (κ3) is 7.43. The summed E-state index contributed by atoms with van der Waals surface area (Å²) >= 11 is 0. The number of amides is 2. The minimum atomic E-state index is 0.0297. The number of carbonyl (C=O) groups is 2. The second kappa shape index (κ2) is 9.73. The van der Waals surface area contributed by atoms with E-state index in [1.54, 1.807) is 4.90 Å². The maximum absolute atomic E-state index is 11.8. The average molecular weight is 299 g/mol. The SMILES string of the molecule is COCC(=O)N1CCC(NC(=O)CCCNC(C)C)CC1. The zero-order valence-corrected chi connectivity index (χ0v) is 13.5. The van der Waals surface area contributed by atoms with Crippen LogP contribution in [-0.2, 0) is 14.3 Å². The first-order valence-electron chi connectivity index (χ1n) is 7.82. The molecule has 0 aromatic rings. The fraction of sp³-hybridized carbons (Fsp3) is 0.867. The van der Waals surface area contributed by atoms with E-state index >= 15 is 0 Å². The van der Waals surface area contributed by atoms with E-state index in [4.69, 9.17) is 4.74 Å². The number of carbonyl (C=O) groups excluding carboxylic acids is 2. The van der Waals surface area contributed by atoms with Gasteiger partial charge in [-0.3, -0.25) is 9.59 Å². The van der Waals surface area contributed by atoms with Crippen LogP contribution < -0.4 is 10.6 Å². The normalized spacial score (nSPS) is 16.3. The molecule has 1 aliphatic heterocycles. The quantitative estimate of drug-likeness (QED) is 0.641. The van der Waals surface area contributed by atoms with Crippen molar-refractivity contribution >= 4 is 11.8 Å². The number of rotatable bonds is 8. The molecule has 21 heavy (non-hydrogen) atoms. The molecular weight excluding hydrogens is 270 g/mol. The Kier molecular flexibility index (Phi) is 8.30. The summed E-state index contributed by atoms with van der Waals surface area (Å²) in [6.07, 6.45) is 3.06. The van der Waals surface area contributed by atoms with E-state index in [2.05, 4.69) is 24.5 Å². The van der Waals surface area contributed by atoms with E-state index in [-0.39, 0.29) is 24.5 Å². The molecule has 0 radical (unpaired) electrons. The first kappa shape index (κ1) is 17.9. The van der Waals surface area contributed by atoms with Crippen LogP contribution in [0.1, 0.15) is 39.5 Å². The summed E-state index contributed by atoms with van der Waals surface area (Å²) in [6.45, 7) is 6.59. The van der Waals surface area contributed by atoms with Crippen molar-refractivity contribution in [1.82, 2.24) is 15.5 Å². The monoisotopic (exact) mass is 299 g/mol. The molecule has 2 N–H and O–H groups in total. The lowest BCUT2D eigenvalue weighted by atomic mass is 10.0. The molecule has 0 aliphatic carbocycles. The minimum Gasteiger partial charge on any atom is -0.375 e. The molecule has 6 heteroatoms. The third-order valence-electron chi connectivity index (χ3n) is 3.61. The average Bonchev–Trinajstić information content (AvgIpc) is 2.44. The highest BCUT2D eigenvalue weighted by atomic mass is 16.5. The molecule has 0 spiro atoms. The predicted octanol–water partition coefficient (Wildman–Crippen LogP) is 0.518. The van der Waals surface area contributed by atoms with Crippen LogP contribution in [-0.4, -0.2) is 62.1 Å². The summed E-state index contributed by atoms with van der Waals surface area (Å²) in [4.78, 5) is 25.3. The zero-order valence-electron chi connectivity index (χ0n) is 13.5. The molecule has 0 unspecified atom stereocenters. The van der Waals surface area contributed by atoms with E-state index in [9.17, 15) is 9.59 Å². The van der Waals surface area contributed by atoms with Gasteiger partial charge in [-0.05, 0) is 25.8 Å². The molecule has 6 nitrogen and oxygen atoms in total. The largest absolute Gasteiger partial charge is 0.375 e. The lowest BCUT2D eigenvalue weighted by Gasteiger charge is -2.32. The Labute approximate surface area is 127 Å². The molecular formula is C15H29N3O3. The van der Waals surface area contributed by atoms with Crippen molar-refractivity contribution in [2.24, 2.45) is 0 Å². The summed E-state index contributed by atoms with van der Waals surface area (Å²) < 4.78 is 4.85. The van der Waals surface area contributed by atoms with E-state index in [1.165, 1.54) is 7.11 Å². The van der Waals surface area contributed by atoms with E-state index in [0.717, 1.165) is 25.8 Å². The number of hydrogen-bond donors (Lipinski definition) is 2. The Morgan fingerprint density at radius 1 is 1.29 bits per heavy atom. The van der Waals surface area contributed by atoms with Gasteiger partial charge in [-0.2, -0.15) is 0 Å². The molecule has 0 aromatic carbocycles. The van der Waals surface area contributed by atoms with Crippen LogP contribution in [0.15, 0.2) is 0 Å². The van der Waals surface area contributed by atoms with Crippen molar-refractivity contribution in [3.8, 4) is 0 Å². The van der Waals surface area contributed by atoms with Crippen LogP contribution in [0.5, 0.6) is 0 Å². The highest BCUT2D eigenvalue weighted by molar-refractivity contribution is 5.78. The van der Waals surface area contributed by atoms with Crippen LogP contribution >= 0.6 is 0 Å². The van der Waals surface area contributed by atoms with Crippen LogP contribution in [0.4, 0.5) is 0 Å². The number of hydrogen-bond acceptors (Lipinski definition) is 4. The molecule has 0 aromatic heterocycles. The molecule has 0 saturated carbocycles. The van der Waals surface area contributed by atoms with Gasteiger partial charge in [-0.15, -0.1) is 0 Å². The van der Waals surface area contributed by atoms with Crippen LogP contribution in [0.3, 0.4) is 0 Å². The molecule has 1 aliphatic rings. The highest BCUT2D eigenvalue weighted by Crippen LogP contribution is 2.11. The number of piperidine rings is 1. The van der Waals surface area contributed by atoms with Crippen molar-refractivity contribution in [2.45, 2.75) is 51.6 Å². The number of likely N-dealkylation sites (tertiary alicyclic amines) is 1. The van der Waals surface area contributed by atoms with Crippen molar-refractivity contribution in [3.63, 3.8) is 0 Å². The Hall–Kier alpha value is -1.14. The standard InChI is InChI=1S/C15H29N3O3/c1-12(2)16-8-4-5-14(19)17-13-6-9-18(10-7-13)15(20)11-21-3/h12-13,16H,4-11H2,1-3H3,(H,17,19). The number of methoxy groups -OCH3 is 1. The maximum atomic E-state index is 11.8. The summed E-state index contributed by atoms with van der Waals surface area (Å²) in [7, 11) is 1.53. The lowest BCUT2D eigenvalue weighted by molar-refractivity contribution is -0.136. The molecule has 1 saturated heterocycles. The topological polar surface area (TPSA) is 70.7 Å². The van der Waals surface area contributed by atoms with Crippen molar-refractivity contribution in [2.75, 3.05) is 33.4 Å². The summed E-state index contributed by atoms with van der Waals surface area (Å²) in [5.41, 5.74) is 0. The lowest BCUT2D eigenvalue weighted by Crippen LogP contribution is -2.47. The second-order valence-electron chi connectivity index (χ2n) is 5.87. The van der Waals surface area contributed by atoms with Crippen LogP contribution in [0.25, 0.3) is 0 Å². The molecule has 1 fully saturated rings. The summed E-state index contributed by atoms with van der Waals surface area (Å²) in [5.74, 6) is 0.143. The first-order valence-corrected chi connectivity index (χ1v) is 7.82. The number of nitrogens with zero attached hydrogens (tertiary/aromatic N) is 1. The van der Waals surface area contributed by atoms with Gasteiger partial charge in [0.25, 0.3) is 0 Å². The van der Waals surface area contributed by atoms with Crippen LogP contribution in [0, 0.1) is 0 Å². The predicted molar refractivity (Wildman–Crippen MR) is 82.0 cm³/mol. The molecule has 0 atom stereocenters. The Bertz CT molecular complexity index is 326. The van der Waals surface area contributed by atoms with Crippen molar-refractivity contribution in [1.29, 1.82) is 0 Å². The Morgan fingerprint density at radius 3 is 2.52 bits per heavy atom. The second-order valence-corrected chi connectivity index (χ2v) is 5.87. The van der Waals surface area contributed by atoms with Gasteiger partial charge in [-0.1, -0.05) is 13.8 Å². The van der Waals surface area contributed by atoms with Gasteiger partial charge in [0, 0.05) is 38.7 Å². The summed E-state index contributed by atoms with van der Waals surface area (Å²) in [6, 6.07) is 0.657. The van der Waals surface area contributed by atoms with Gasteiger partial charge < -0.3 is 20.3 Å². The zero-order chi connectivity index (χ0) is 15.7. The van der Waals surface area contributed by atoms with Crippen molar-refractivity contribution < 1.29 is 14.3 Å². The molecule has 122 valence electrons. The van der Waals surface area contributed by atoms with Crippen LogP contribution in [0.2, 0.25) is 0 Å².